The molecule has 48 heavy (non-hydrogen) atoms. The molecule has 0 saturated carbocycles. The lowest BCUT2D eigenvalue weighted by atomic mass is 9.99. The zero-order valence-corrected chi connectivity index (χ0v) is 27.4. The average Bonchev–Trinajstić information content (AvgIpc) is 3.80. The second-order valence-electron chi connectivity index (χ2n) is 12.5. The third-order valence-electron chi connectivity index (χ3n) is 9.90. The summed E-state index contributed by atoms with van der Waals surface area (Å²) in [5, 5.41) is 6.55. The number of hydrogen-bond acceptors (Lipinski definition) is 2. The molecule has 224 valence electrons. The Hall–Kier alpha value is -5.55. The third kappa shape index (κ3) is 3.64. The quantitative estimate of drug-likeness (QED) is 0.186. The molecule has 0 atom stereocenters. The van der Waals surface area contributed by atoms with Crippen molar-refractivity contribution in [3.63, 3.8) is 0 Å². The van der Waals surface area contributed by atoms with E-state index in [0.717, 1.165) is 5.69 Å². The van der Waals surface area contributed by atoms with Crippen molar-refractivity contribution in [2.45, 2.75) is 9.79 Å². The molecule has 4 heteroatoms. The second kappa shape index (κ2) is 9.98. The molecule has 0 aliphatic carbocycles. The van der Waals surface area contributed by atoms with Gasteiger partial charge >= 0.3 is 0 Å². The molecular formula is C44H26N2S2. The smallest absolute Gasteiger partial charge is 0.131 e. The SMILES string of the molecule is c1ccc(-c2cccc3c2c2c4cccc5c4n(c2n3-c2cccc(-c3ccc4c(c3)sc3ccccc34)c2)-c2ccccc2S5)cc1. The Bertz CT molecular complexity index is 2920. The molecule has 11 rings (SSSR count). The normalized spacial score (nSPS) is 12.5. The molecule has 0 saturated heterocycles. The maximum Gasteiger partial charge on any atom is 0.131 e. The summed E-state index contributed by atoms with van der Waals surface area (Å²) in [6.45, 7) is 0. The number of benzene rings is 7. The van der Waals surface area contributed by atoms with Gasteiger partial charge in [-0.2, -0.15) is 0 Å². The van der Waals surface area contributed by atoms with Crippen LogP contribution in [0.1, 0.15) is 0 Å². The summed E-state index contributed by atoms with van der Waals surface area (Å²) >= 11 is 3.75. The lowest BCUT2D eigenvalue weighted by Gasteiger charge is -2.21. The van der Waals surface area contributed by atoms with Crippen molar-refractivity contribution in [1.29, 1.82) is 0 Å². The molecule has 0 spiro atoms. The Balaban J connectivity index is 1.25. The molecule has 0 radical (unpaired) electrons. The van der Waals surface area contributed by atoms with Gasteiger partial charge < -0.3 is 0 Å². The number of nitrogens with zero attached hydrogens (tertiary/aromatic N) is 2. The molecule has 0 N–H and O–H groups in total. The van der Waals surface area contributed by atoms with Gasteiger partial charge in [0.25, 0.3) is 0 Å². The molecule has 0 amide bonds. The fraction of sp³-hybridized carbons (Fsp3) is 0. The largest absolute Gasteiger partial charge is 0.295 e. The summed E-state index contributed by atoms with van der Waals surface area (Å²) in [7, 11) is 0. The van der Waals surface area contributed by atoms with Gasteiger partial charge in [-0.05, 0) is 70.8 Å². The van der Waals surface area contributed by atoms with Crippen molar-refractivity contribution in [1.82, 2.24) is 9.13 Å². The number of thiophene rings is 1. The predicted molar refractivity (Wildman–Crippen MR) is 205 cm³/mol. The van der Waals surface area contributed by atoms with E-state index in [4.69, 9.17) is 0 Å². The maximum absolute atomic E-state index is 2.52. The van der Waals surface area contributed by atoms with E-state index in [1.807, 2.05) is 23.1 Å². The number of rotatable bonds is 3. The van der Waals surface area contributed by atoms with Gasteiger partial charge in [0.05, 0.1) is 16.7 Å². The summed E-state index contributed by atoms with van der Waals surface area (Å²) in [5.41, 5.74) is 11.0. The summed E-state index contributed by atoms with van der Waals surface area (Å²) < 4.78 is 7.69. The van der Waals surface area contributed by atoms with Gasteiger partial charge in [-0.3, -0.25) is 9.13 Å². The zero-order valence-electron chi connectivity index (χ0n) is 25.7. The highest BCUT2D eigenvalue weighted by atomic mass is 32.2. The first-order valence-corrected chi connectivity index (χ1v) is 17.9. The molecule has 2 nitrogen and oxygen atoms in total. The van der Waals surface area contributed by atoms with E-state index in [1.165, 1.54) is 90.7 Å². The molecule has 1 aliphatic rings. The van der Waals surface area contributed by atoms with Crippen LogP contribution in [0.15, 0.2) is 168 Å². The van der Waals surface area contributed by atoms with Gasteiger partial charge in [-0.25, -0.2) is 0 Å². The van der Waals surface area contributed by atoms with Crippen LogP contribution in [0.2, 0.25) is 0 Å². The van der Waals surface area contributed by atoms with Gasteiger partial charge in [-0.15, -0.1) is 11.3 Å². The standard InChI is InChI=1S/C44H26N2S2/c1-2-11-27(12-3-1)31-16-9-19-36-41(31)42-34-17-10-22-39-43(34)46(35-18-5-7-21-38(35)48-39)44(42)45(36)30-14-8-13-28(25-30)29-23-24-33-32-15-4-6-20-37(32)47-40(33)26-29/h1-26H. The Morgan fingerprint density at radius 3 is 2.12 bits per heavy atom. The fourth-order valence-corrected chi connectivity index (χ4v) is 10.1. The fourth-order valence-electron chi connectivity index (χ4n) is 7.87. The first kappa shape index (κ1) is 26.5. The van der Waals surface area contributed by atoms with Gasteiger partial charge in [0, 0.05) is 51.8 Å². The topological polar surface area (TPSA) is 9.86 Å². The summed E-state index contributed by atoms with van der Waals surface area (Å²) in [6, 6.07) is 58.1. The van der Waals surface area contributed by atoms with Gasteiger partial charge in [0.15, 0.2) is 0 Å². The van der Waals surface area contributed by atoms with Crippen molar-refractivity contribution < 1.29 is 0 Å². The van der Waals surface area contributed by atoms with E-state index in [0.29, 0.717) is 0 Å². The van der Waals surface area contributed by atoms with E-state index in [2.05, 4.69) is 167 Å². The lowest BCUT2D eigenvalue weighted by Crippen LogP contribution is -2.05. The zero-order chi connectivity index (χ0) is 31.3. The van der Waals surface area contributed by atoms with Crippen LogP contribution in [0.25, 0.3) is 86.6 Å². The predicted octanol–water partition coefficient (Wildman–Crippen LogP) is 12.9. The molecule has 10 aromatic rings. The minimum absolute atomic E-state index is 1.16. The van der Waals surface area contributed by atoms with Gasteiger partial charge in [0.2, 0.25) is 0 Å². The number of aromatic nitrogens is 2. The first-order valence-electron chi connectivity index (χ1n) is 16.3. The van der Waals surface area contributed by atoms with Crippen molar-refractivity contribution in [3.05, 3.63) is 158 Å². The maximum atomic E-state index is 2.52. The van der Waals surface area contributed by atoms with Crippen LogP contribution in [0.3, 0.4) is 0 Å². The molecule has 0 fully saturated rings. The molecule has 4 heterocycles. The van der Waals surface area contributed by atoms with Crippen molar-refractivity contribution in [2.24, 2.45) is 0 Å². The first-order chi connectivity index (χ1) is 23.8. The van der Waals surface area contributed by atoms with E-state index in [1.54, 1.807) is 0 Å². The second-order valence-corrected chi connectivity index (χ2v) is 14.7. The van der Waals surface area contributed by atoms with Crippen LogP contribution in [0, 0.1) is 0 Å². The van der Waals surface area contributed by atoms with E-state index in [9.17, 15) is 0 Å². The number of fused-ring (bicyclic) bond motifs is 10. The molecule has 7 aromatic carbocycles. The molecule has 1 aliphatic heterocycles. The highest BCUT2D eigenvalue weighted by Crippen LogP contribution is 2.51. The molecular weight excluding hydrogens is 621 g/mol. The molecule has 3 aromatic heterocycles. The van der Waals surface area contributed by atoms with Crippen LogP contribution >= 0.6 is 23.1 Å². The van der Waals surface area contributed by atoms with Crippen LogP contribution in [-0.2, 0) is 0 Å². The van der Waals surface area contributed by atoms with Crippen LogP contribution < -0.4 is 0 Å². The Morgan fingerprint density at radius 2 is 1.17 bits per heavy atom. The van der Waals surface area contributed by atoms with Crippen molar-refractivity contribution in [3.8, 4) is 33.6 Å². The van der Waals surface area contributed by atoms with E-state index >= 15 is 0 Å². The lowest BCUT2D eigenvalue weighted by molar-refractivity contribution is 1.03. The highest BCUT2D eigenvalue weighted by molar-refractivity contribution is 7.99. The Kier molecular flexibility index (Phi) is 5.51. The average molecular weight is 647 g/mol. The monoisotopic (exact) mass is 646 g/mol. The summed E-state index contributed by atoms with van der Waals surface area (Å²) in [5.74, 6) is 0. The van der Waals surface area contributed by atoms with Crippen LogP contribution in [0.4, 0.5) is 0 Å². The van der Waals surface area contributed by atoms with Gasteiger partial charge in [0.1, 0.15) is 5.65 Å². The Labute approximate surface area is 285 Å². The molecule has 0 unspecified atom stereocenters. The van der Waals surface area contributed by atoms with Crippen LogP contribution in [0.5, 0.6) is 0 Å². The van der Waals surface area contributed by atoms with Crippen molar-refractivity contribution in [2.75, 3.05) is 0 Å². The third-order valence-corrected chi connectivity index (χ3v) is 12.1. The minimum Gasteiger partial charge on any atom is -0.295 e. The summed E-state index contributed by atoms with van der Waals surface area (Å²) in [4.78, 5) is 2.57. The highest BCUT2D eigenvalue weighted by Gasteiger charge is 2.28. The minimum atomic E-state index is 1.16. The summed E-state index contributed by atoms with van der Waals surface area (Å²) in [6.07, 6.45) is 0. The molecule has 0 bridgehead atoms. The van der Waals surface area contributed by atoms with E-state index in [-0.39, 0.29) is 0 Å². The van der Waals surface area contributed by atoms with E-state index < -0.39 is 0 Å². The van der Waals surface area contributed by atoms with Crippen LogP contribution in [-0.4, -0.2) is 9.13 Å². The number of hydrogen-bond donors (Lipinski definition) is 0. The Morgan fingerprint density at radius 1 is 0.438 bits per heavy atom. The van der Waals surface area contributed by atoms with Gasteiger partial charge in [-0.1, -0.05) is 121 Å². The number of para-hydroxylation sites is 2. The van der Waals surface area contributed by atoms with Crippen molar-refractivity contribution >= 4 is 76.1 Å².